The van der Waals surface area contributed by atoms with Gasteiger partial charge in [0.05, 0.1) is 24.3 Å². The number of nitrogens with zero attached hydrogens (tertiary/aromatic N) is 2. The molecule has 2 aromatic rings. The highest BCUT2D eigenvalue weighted by Crippen LogP contribution is 2.25. The highest BCUT2D eigenvalue weighted by molar-refractivity contribution is 7.12. The van der Waals surface area contributed by atoms with Crippen molar-refractivity contribution in [1.29, 1.82) is 0 Å². The molecule has 1 atom stereocenters. The van der Waals surface area contributed by atoms with Gasteiger partial charge in [-0.05, 0) is 31.0 Å². The van der Waals surface area contributed by atoms with E-state index in [1.54, 1.807) is 35.5 Å². The molecule has 0 aliphatic carbocycles. The number of thiophene rings is 1. The third kappa shape index (κ3) is 4.64. The molecule has 2 rings (SSSR count). The minimum absolute atomic E-state index is 0.00759. The first-order valence-electron chi connectivity index (χ1n) is 7.73. The summed E-state index contributed by atoms with van der Waals surface area (Å²) in [6.07, 6.45) is 0. The van der Waals surface area contributed by atoms with Crippen LogP contribution in [0.5, 0.6) is 0 Å². The van der Waals surface area contributed by atoms with Gasteiger partial charge in [0.2, 0.25) is 5.91 Å². The van der Waals surface area contributed by atoms with E-state index in [9.17, 15) is 19.7 Å². The maximum absolute atomic E-state index is 12.3. The predicted octanol–water partition coefficient (Wildman–Crippen LogP) is 3.07. The number of nitrogens with one attached hydrogen (secondary N) is 1. The van der Waals surface area contributed by atoms with Gasteiger partial charge in [-0.15, -0.1) is 11.3 Å². The summed E-state index contributed by atoms with van der Waals surface area (Å²) in [4.78, 5) is 36.5. The molecule has 1 aromatic heterocycles. The van der Waals surface area contributed by atoms with Crippen LogP contribution in [-0.2, 0) is 9.53 Å². The van der Waals surface area contributed by atoms with Crippen molar-refractivity contribution in [3.8, 4) is 0 Å². The van der Waals surface area contributed by atoms with Gasteiger partial charge in [-0.25, -0.2) is 4.79 Å². The molecule has 0 saturated carbocycles. The molecule has 0 radical (unpaired) electrons. The van der Waals surface area contributed by atoms with Gasteiger partial charge in [-0.3, -0.25) is 19.8 Å². The molecule has 26 heavy (non-hydrogen) atoms. The molecule has 0 fully saturated rings. The van der Waals surface area contributed by atoms with Crippen LogP contribution in [0.25, 0.3) is 0 Å². The first kappa shape index (κ1) is 19.5. The Morgan fingerprint density at radius 1 is 1.38 bits per heavy atom. The van der Waals surface area contributed by atoms with Gasteiger partial charge in [-0.1, -0.05) is 12.1 Å². The van der Waals surface area contributed by atoms with Crippen LogP contribution < -0.4 is 5.32 Å². The minimum Gasteiger partial charge on any atom is -0.465 e. The quantitative estimate of drug-likeness (QED) is 0.452. The SMILES string of the molecule is COC(=O)c1sccc1NC(=O)CN(C)C(C)c1cccc([N+](=O)[O-])c1. The number of nitro benzene ring substituents is 1. The lowest BCUT2D eigenvalue weighted by Gasteiger charge is -2.24. The third-order valence-electron chi connectivity index (χ3n) is 3.93. The number of ether oxygens (including phenoxy) is 1. The van der Waals surface area contributed by atoms with E-state index in [0.29, 0.717) is 10.6 Å². The Morgan fingerprint density at radius 3 is 2.77 bits per heavy atom. The number of non-ortho nitro benzene ring substituents is 1. The van der Waals surface area contributed by atoms with Gasteiger partial charge in [0, 0.05) is 18.2 Å². The molecule has 1 heterocycles. The normalized spacial score (nSPS) is 11.8. The summed E-state index contributed by atoms with van der Waals surface area (Å²) in [5, 5.41) is 15.3. The van der Waals surface area contributed by atoms with Gasteiger partial charge >= 0.3 is 5.97 Å². The zero-order chi connectivity index (χ0) is 19.3. The largest absolute Gasteiger partial charge is 0.465 e. The smallest absolute Gasteiger partial charge is 0.350 e. The summed E-state index contributed by atoms with van der Waals surface area (Å²) in [5.41, 5.74) is 1.15. The first-order chi connectivity index (χ1) is 12.3. The molecular formula is C17H19N3O5S. The number of esters is 1. The molecule has 0 spiro atoms. The maximum atomic E-state index is 12.3. The number of carbonyl (C=O) groups is 2. The molecule has 1 aromatic carbocycles. The fourth-order valence-corrected chi connectivity index (χ4v) is 3.13. The lowest BCUT2D eigenvalue weighted by atomic mass is 10.1. The highest BCUT2D eigenvalue weighted by atomic mass is 32.1. The van der Waals surface area contributed by atoms with E-state index in [1.807, 2.05) is 6.92 Å². The van der Waals surface area contributed by atoms with Crippen molar-refractivity contribution in [3.63, 3.8) is 0 Å². The molecule has 0 aliphatic heterocycles. The minimum atomic E-state index is -0.506. The second-order valence-electron chi connectivity index (χ2n) is 5.65. The van der Waals surface area contributed by atoms with Crippen LogP contribution in [0.3, 0.4) is 0 Å². The number of nitro groups is 1. The summed E-state index contributed by atoms with van der Waals surface area (Å²) in [6.45, 7) is 1.91. The van der Waals surface area contributed by atoms with Crippen molar-refractivity contribution < 1.29 is 19.2 Å². The molecule has 1 unspecified atom stereocenters. The van der Waals surface area contributed by atoms with Crippen molar-refractivity contribution >= 4 is 34.6 Å². The summed E-state index contributed by atoms with van der Waals surface area (Å²) < 4.78 is 4.68. The van der Waals surface area contributed by atoms with Crippen molar-refractivity contribution in [3.05, 3.63) is 56.3 Å². The Hall–Kier alpha value is -2.78. The van der Waals surface area contributed by atoms with Crippen LogP contribution in [0.2, 0.25) is 0 Å². The fraction of sp³-hybridized carbons (Fsp3) is 0.294. The number of anilines is 1. The first-order valence-corrected chi connectivity index (χ1v) is 8.61. The molecule has 0 bridgehead atoms. The monoisotopic (exact) mass is 377 g/mol. The number of carbonyl (C=O) groups excluding carboxylic acids is 2. The van der Waals surface area contributed by atoms with Crippen molar-refractivity contribution in [1.82, 2.24) is 4.90 Å². The zero-order valence-electron chi connectivity index (χ0n) is 14.6. The second kappa shape index (κ2) is 8.54. The molecule has 0 aliphatic rings. The molecule has 0 saturated heterocycles. The van der Waals surface area contributed by atoms with Gasteiger partial charge in [0.1, 0.15) is 4.88 Å². The Bertz CT molecular complexity index is 820. The van der Waals surface area contributed by atoms with E-state index in [1.165, 1.54) is 30.6 Å². The van der Waals surface area contributed by atoms with E-state index in [2.05, 4.69) is 10.1 Å². The number of methoxy groups -OCH3 is 1. The molecule has 1 N–H and O–H groups in total. The number of rotatable bonds is 7. The van der Waals surface area contributed by atoms with Crippen molar-refractivity contribution in [2.75, 3.05) is 26.0 Å². The molecule has 138 valence electrons. The maximum Gasteiger partial charge on any atom is 0.350 e. The predicted molar refractivity (Wildman–Crippen MR) is 98.4 cm³/mol. The Balaban J connectivity index is 2.03. The number of likely N-dealkylation sites (N-methyl/N-ethyl adjacent to an activating group) is 1. The molecule has 9 heteroatoms. The Kier molecular flexibility index (Phi) is 6.42. The lowest BCUT2D eigenvalue weighted by Crippen LogP contribution is -2.32. The zero-order valence-corrected chi connectivity index (χ0v) is 15.4. The van der Waals surface area contributed by atoms with Crippen LogP contribution in [0, 0.1) is 10.1 Å². The average molecular weight is 377 g/mol. The number of benzene rings is 1. The van der Waals surface area contributed by atoms with E-state index < -0.39 is 10.9 Å². The second-order valence-corrected chi connectivity index (χ2v) is 6.56. The standard InChI is InChI=1S/C17H19N3O5S/c1-11(12-5-4-6-13(9-12)20(23)24)19(2)10-15(21)18-14-7-8-26-16(14)17(22)25-3/h4-9,11H,10H2,1-3H3,(H,18,21). The number of hydrogen-bond acceptors (Lipinski definition) is 7. The van der Waals surface area contributed by atoms with Crippen LogP contribution in [0.15, 0.2) is 35.7 Å². The van der Waals surface area contributed by atoms with Crippen LogP contribution in [0.4, 0.5) is 11.4 Å². The Morgan fingerprint density at radius 2 is 2.12 bits per heavy atom. The molecular weight excluding hydrogens is 358 g/mol. The van der Waals surface area contributed by atoms with E-state index in [4.69, 9.17) is 0 Å². The number of hydrogen-bond donors (Lipinski definition) is 1. The van der Waals surface area contributed by atoms with E-state index in [0.717, 1.165) is 5.56 Å². The summed E-state index contributed by atoms with van der Waals surface area (Å²) in [5.74, 6) is -0.804. The summed E-state index contributed by atoms with van der Waals surface area (Å²) >= 11 is 1.18. The van der Waals surface area contributed by atoms with Crippen LogP contribution in [-0.4, -0.2) is 42.4 Å². The summed E-state index contributed by atoms with van der Waals surface area (Å²) in [7, 11) is 3.03. The summed E-state index contributed by atoms with van der Waals surface area (Å²) in [6, 6.07) is 7.75. The molecule has 8 nitrogen and oxygen atoms in total. The Labute approximate surface area is 154 Å². The van der Waals surface area contributed by atoms with Crippen LogP contribution >= 0.6 is 11.3 Å². The van der Waals surface area contributed by atoms with Crippen molar-refractivity contribution in [2.45, 2.75) is 13.0 Å². The van der Waals surface area contributed by atoms with Gasteiger partial charge in [-0.2, -0.15) is 0 Å². The average Bonchev–Trinajstić information content (AvgIpc) is 3.08. The third-order valence-corrected chi connectivity index (χ3v) is 4.82. The van der Waals surface area contributed by atoms with Gasteiger partial charge in [0.25, 0.3) is 5.69 Å². The van der Waals surface area contributed by atoms with E-state index >= 15 is 0 Å². The lowest BCUT2D eigenvalue weighted by molar-refractivity contribution is -0.384. The number of amides is 1. The van der Waals surface area contributed by atoms with Gasteiger partial charge in [0.15, 0.2) is 0 Å². The van der Waals surface area contributed by atoms with Crippen LogP contribution in [0.1, 0.15) is 28.2 Å². The van der Waals surface area contributed by atoms with Crippen molar-refractivity contribution in [2.24, 2.45) is 0 Å². The van der Waals surface area contributed by atoms with Gasteiger partial charge < -0.3 is 10.1 Å². The topological polar surface area (TPSA) is 102 Å². The molecule has 1 amide bonds. The highest BCUT2D eigenvalue weighted by Gasteiger charge is 2.19. The van der Waals surface area contributed by atoms with E-state index in [-0.39, 0.29) is 24.2 Å². The fourth-order valence-electron chi connectivity index (χ4n) is 2.36.